The normalized spacial score (nSPS) is 21.6. The monoisotopic (exact) mass is 835 g/mol. The molecule has 4 aliphatic heterocycles. The summed E-state index contributed by atoms with van der Waals surface area (Å²) < 4.78 is 27.8. The molecule has 4 fully saturated rings. The van der Waals surface area contributed by atoms with Crippen molar-refractivity contribution in [1.29, 1.82) is 0 Å². The summed E-state index contributed by atoms with van der Waals surface area (Å²) in [5.41, 5.74) is 0. The maximum Gasteiger partial charge on any atom is 0.100 e. The summed E-state index contributed by atoms with van der Waals surface area (Å²) in [4.78, 5) is 0. The third-order valence-corrected chi connectivity index (χ3v) is 12.5. The molecule has 59 heavy (non-hydrogen) atoms. The number of epoxide rings is 4. The number of hydrogen-bond donors (Lipinski definition) is 3. The molecule has 8 heteroatoms. The average Bonchev–Trinajstić information content (AvgIpc) is 4.02. The van der Waals surface area contributed by atoms with Crippen molar-refractivity contribution in [2.75, 3.05) is 52.9 Å². The van der Waals surface area contributed by atoms with Crippen LogP contribution < -0.4 is 0 Å². The molecule has 346 valence electrons. The fraction of sp³-hybridized carbons (Fsp3) is 0.922. The molecule has 0 saturated carbocycles. The van der Waals surface area contributed by atoms with Crippen LogP contribution >= 0.6 is 0 Å². The van der Waals surface area contributed by atoms with Crippen LogP contribution in [0.15, 0.2) is 24.3 Å². The minimum Gasteiger partial charge on any atom is -0.394 e. The second kappa shape index (κ2) is 37.7. The summed E-state index contributed by atoms with van der Waals surface area (Å²) in [6.07, 6.45) is 54.1. The molecule has 0 amide bonds. The van der Waals surface area contributed by atoms with E-state index in [-0.39, 0.29) is 13.2 Å². The zero-order valence-corrected chi connectivity index (χ0v) is 38.0. The summed E-state index contributed by atoms with van der Waals surface area (Å²) >= 11 is 0. The van der Waals surface area contributed by atoms with E-state index in [4.69, 9.17) is 39.0 Å². The number of allylic oxidation sites excluding steroid dienone is 4. The van der Waals surface area contributed by atoms with Crippen LogP contribution in [0, 0.1) is 11.8 Å². The predicted molar refractivity (Wildman–Crippen MR) is 243 cm³/mol. The quantitative estimate of drug-likeness (QED) is 0.0315. The maximum absolute atomic E-state index is 8.17. The lowest BCUT2D eigenvalue weighted by molar-refractivity contribution is 0.0450. The first-order valence-corrected chi connectivity index (χ1v) is 25.4. The van der Waals surface area contributed by atoms with Crippen LogP contribution in [0.2, 0.25) is 0 Å². The molecule has 0 bridgehead atoms. The van der Waals surface area contributed by atoms with E-state index in [9.17, 15) is 0 Å². The van der Waals surface area contributed by atoms with Gasteiger partial charge in [0.1, 0.15) is 6.10 Å². The Balaban J connectivity index is 0.00000144. The Bertz CT molecular complexity index is 857. The highest BCUT2D eigenvalue weighted by Crippen LogP contribution is 2.32. The van der Waals surface area contributed by atoms with Crippen LogP contribution in [0.1, 0.15) is 205 Å². The number of aliphatic hydroxyl groups excluding tert-OH is 3. The third-order valence-electron chi connectivity index (χ3n) is 12.5. The highest BCUT2D eigenvalue weighted by molar-refractivity contribution is 4.83. The molecule has 4 rings (SSSR count). The highest BCUT2D eigenvalue weighted by atomic mass is 16.6. The van der Waals surface area contributed by atoms with E-state index in [0.29, 0.717) is 24.4 Å². The fourth-order valence-corrected chi connectivity index (χ4v) is 8.40. The van der Waals surface area contributed by atoms with Gasteiger partial charge in [-0.05, 0) is 102 Å². The molecule has 0 aliphatic carbocycles. The van der Waals surface area contributed by atoms with Gasteiger partial charge in [-0.1, -0.05) is 140 Å². The largest absolute Gasteiger partial charge is 0.394 e. The smallest absolute Gasteiger partial charge is 0.100 e. The second-order valence-electron chi connectivity index (χ2n) is 18.6. The lowest BCUT2D eigenvalue weighted by atomic mass is 9.91. The van der Waals surface area contributed by atoms with Crippen LogP contribution in [0.3, 0.4) is 0 Å². The van der Waals surface area contributed by atoms with E-state index >= 15 is 0 Å². The zero-order chi connectivity index (χ0) is 41.7. The van der Waals surface area contributed by atoms with Gasteiger partial charge in [-0.2, -0.15) is 0 Å². The van der Waals surface area contributed by atoms with Gasteiger partial charge in [0.05, 0.1) is 64.1 Å². The van der Waals surface area contributed by atoms with E-state index in [1.807, 2.05) is 0 Å². The standard InChI is InChI=1S/C48H86O5.C3H8O3/c1(3-7-11-15-19-23-27-31-43(35-45-39-50-45)36-46-40-51-46)5-9-13-17-21-25-29-33-49-34-30-26-22-18-14-10-6-2-4-8-12-16-20-24-28-32-44(37-47-41-52-47)38-48-42-53-48;4-1-3(6)2-5/h1-4,43-48H,5-42H2;3-6H,1-2H2/b3-1-,4-2-;. The lowest BCUT2D eigenvalue weighted by Crippen LogP contribution is -2.15. The molecule has 4 saturated heterocycles. The third kappa shape index (κ3) is 36.4. The van der Waals surface area contributed by atoms with Crippen molar-refractivity contribution < 1.29 is 39.0 Å². The van der Waals surface area contributed by atoms with Gasteiger partial charge in [-0.15, -0.1) is 0 Å². The second-order valence-corrected chi connectivity index (χ2v) is 18.6. The van der Waals surface area contributed by atoms with Gasteiger partial charge < -0.3 is 39.0 Å². The topological polar surface area (TPSA) is 120 Å². The van der Waals surface area contributed by atoms with Crippen molar-refractivity contribution in [2.45, 2.75) is 236 Å². The summed E-state index contributed by atoms with van der Waals surface area (Å²) in [5, 5.41) is 24.0. The molecule has 4 aliphatic rings. The number of hydrogen-bond acceptors (Lipinski definition) is 8. The highest BCUT2D eigenvalue weighted by Gasteiger charge is 2.32. The van der Waals surface area contributed by atoms with E-state index in [0.717, 1.165) is 51.5 Å². The van der Waals surface area contributed by atoms with E-state index in [2.05, 4.69) is 24.3 Å². The number of aliphatic hydroxyl groups is 3. The van der Waals surface area contributed by atoms with Crippen molar-refractivity contribution in [3.8, 4) is 0 Å². The first-order chi connectivity index (χ1) is 29.2. The van der Waals surface area contributed by atoms with Crippen molar-refractivity contribution in [2.24, 2.45) is 11.8 Å². The van der Waals surface area contributed by atoms with Gasteiger partial charge in [0, 0.05) is 13.2 Å². The maximum atomic E-state index is 8.17. The molecule has 0 aromatic rings. The fourth-order valence-electron chi connectivity index (χ4n) is 8.40. The van der Waals surface area contributed by atoms with Gasteiger partial charge in [0.25, 0.3) is 0 Å². The summed E-state index contributed by atoms with van der Waals surface area (Å²) in [7, 11) is 0. The van der Waals surface area contributed by atoms with Gasteiger partial charge in [-0.3, -0.25) is 0 Å². The van der Waals surface area contributed by atoms with Crippen molar-refractivity contribution in [3.63, 3.8) is 0 Å². The van der Waals surface area contributed by atoms with Crippen LogP contribution in [0.25, 0.3) is 0 Å². The summed E-state index contributed by atoms with van der Waals surface area (Å²) in [5.74, 6) is 1.67. The van der Waals surface area contributed by atoms with Gasteiger partial charge in [0.15, 0.2) is 0 Å². The average molecular weight is 835 g/mol. The molecule has 4 atom stereocenters. The van der Waals surface area contributed by atoms with Crippen molar-refractivity contribution >= 4 is 0 Å². The molecular weight excluding hydrogens is 741 g/mol. The van der Waals surface area contributed by atoms with Gasteiger partial charge >= 0.3 is 0 Å². The van der Waals surface area contributed by atoms with Gasteiger partial charge in [-0.25, -0.2) is 0 Å². The molecule has 3 N–H and O–H groups in total. The Hall–Kier alpha value is -0.840. The molecule has 0 spiro atoms. The SMILES string of the molecule is C(=C/CCCCCCCC(CC1CO1)CC1CO1)/CCCCCCCCOCCCCCCCC/C=C\CCCCCCCC(CC1CO1)CC1CO1.OCC(O)CO. The Morgan fingerprint density at radius 1 is 0.390 bits per heavy atom. The molecule has 4 unspecified atom stereocenters. The van der Waals surface area contributed by atoms with Crippen LogP contribution in [0.4, 0.5) is 0 Å². The van der Waals surface area contributed by atoms with Crippen LogP contribution in [0.5, 0.6) is 0 Å². The number of unbranched alkanes of at least 4 members (excludes halogenated alkanes) is 22. The van der Waals surface area contributed by atoms with Gasteiger partial charge in [0.2, 0.25) is 0 Å². The molecule has 4 heterocycles. The Morgan fingerprint density at radius 3 is 0.898 bits per heavy atom. The minimum absolute atomic E-state index is 0.365. The minimum atomic E-state index is -0.954. The van der Waals surface area contributed by atoms with Crippen molar-refractivity contribution in [1.82, 2.24) is 0 Å². The first kappa shape index (κ1) is 52.5. The Kier molecular flexibility index (Phi) is 33.5. The van der Waals surface area contributed by atoms with E-state index in [1.54, 1.807) is 0 Å². The van der Waals surface area contributed by atoms with Crippen LogP contribution in [-0.2, 0) is 23.7 Å². The molecule has 0 aromatic carbocycles. The summed E-state index contributed by atoms with van der Waals surface area (Å²) in [6.45, 7) is 5.21. The van der Waals surface area contributed by atoms with E-state index in [1.165, 1.54) is 205 Å². The Labute approximate surface area is 363 Å². The zero-order valence-electron chi connectivity index (χ0n) is 38.0. The first-order valence-electron chi connectivity index (χ1n) is 25.4. The molecule has 0 radical (unpaired) electrons. The lowest BCUT2D eigenvalue weighted by Gasteiger charge is -2.14. The summed E-state index contributed by atoms with van der Waals surface area (Å²) in [6, 6.07) is 0. The van der Waals surface area contributed by atoms with Crippen LogP contribution in [-0.4, -0.2) is 98.7 Å². The molecule has 8 nitrogen and oxygen atoms in total. The number of ether oxygens (including phenoxy) is 5. The molecule has 0 aromatic heterocycles. The Morgan fingerprint density at radius 2 is 0.644 bits per heavy atom. The number of rotatable bonds is 44. The van der Waals surface area contributed by atoms with Crippen molar-refractivity contribution in [3.05, 3.63) is 24.3 Å². The molecular formula is C51H94O8. The predicted octanol–water partition coefficient (Wildman–Crippen LogP) is 11.8. The van der Waals surface area contributed by atoms with E-state index < -0.39 is 6.10 Å².